The maximum Gasteiger partial charge on any atom is 0.191 e. The van der Waals surface area contributed by atoms with Crippen LogP contribution in [0, 0.1) is 5.92 Å². The van der Waals surface area contributed by atoms with Gasteiger partial charge in [-0.05, 0) is 44.2 Å². The molecule has 0 N–H and O–H groups in total. The molecule has 106 valence electrons. The third-order valence-electron chi connectivity index (χ3n) is 4.27. The molecule has 3 saturated heterocycles. The Bertz CT molecular complexity index is 528. The molecule has 0 amide bonds. The van der Waals surface area contributed by atoms with Crippen LogP contribution in [-0.4, -0.2) is 30.4 Å². The summed E-state index contributed by atoms with van der Waals surface area (Å²) in [4.78, 5) is 14.9. The summed E-state index contributed by atoms with van der Waals surface area (Å²) in [5.41, 5.74) is 1.88. The Morgan fingerprint density at radius 3 is 2.75 bits per heavy atom. The van der Waals surface area contributed by atoms with E-state index >= 15 is 0 Å². The van der Waals surface area contributed by atoms with E-state index in [1.54, 1.807) is 0 Å². The first-order valence-electron chi connectivity index (χ1n) is 7.49. The Hall–Kier alpha value is -1.77. The number of hydrogen-bond donors (Lipinski definition) is 0. The lowest BCUT2D eigenvalue weighted by atomic mass is 9.85. The average molecular weight is 271 g/mol. The van der Waals surface area contributed by atoms with Crippen molar-refractivity contribution < 1.29 is 9.53 Å². The second kappa shape index (κ2) is 5.70. The fourth-order valence-electron chi connectivity index (χ4n) is 3.18. The minimum atomic E-state index is 0.0663. The highest BCUT2D eigenvalue weighted by Crippen LogP contribution is 2.34. The van der Waals surface area contributed by atoms with Gasteiger partial charge in [0.25, 0.3) is 0 Å². The van der Waals surface area contributed by atoms with Gasteiger partial charge >= 0.3 is 0 Å². The van der Waals surface area contributed by atoms with Crippen molar-refractivity contribution in [2.75, 3.05) is 19.7 Å². The number of para-hydroxylation sites is 1. The topological polar surface area (TPSA) is 29.5 Å². The molecule has 0 aliphatic carbocycles. The van der Waals surface area contributed by atoms with Gasteiger partial charge in [-0.25, -0.2) is 0 Å². The van der Waals surface area contributed by atoms with Gasteiger partial charge in [0.15, 0.2) is 5.78 Å². The van der Waals surface area contributed by atoms with E-state index in [4.69, 9.17) is 4.74 Å². The highest BCUT2D eigenvalue weighted by molar-refractivity contribution is 6.06. The maximum absolute atomic E-state index is 12.5. The average Bonchev–Trinajstić information content (AvgIpc) is 2.49. The first-order valence-corrected chi connectivity index (χ1v) is 7.49. The number of nitrogens with zero attached hydrogens (tertiary/aromatic N) is 1. The summed E-state index contributed by atoms with van der Waals surface area (Å²) in [6.45, 7) is 4.73. The van der Waals surface area contributed by atoms with Gasteiger partial charge in [-0.2, -0.15) is 0 Å². The van der Waals surface area contributed by atoms with E-state index in [0.717, 1.165) is 25.4 Å². The minimum Gasteiger partial charge on any atom is -0.493 e. The number of ketones is 1. The van der Waals surface area contributed by atoms with Crippen molar-refractivity contribution in [1.29, 1.82) is 0 Å². The van der Waals surface area contributed by atoms with Crippen molar-refractivity contribution in [2.45, 2.75) is 26.2 Å². The Balaban J connectivity index is 1.83. The van der Waals surface area contributed by atoms with Crippen molar-refractivity contribution in [2.24, 2.45) is 5.92 Å². The first-order chi connectivity index (χ1) is 9.78. The van der Waals surface area contributed by atoms with Crippen LogP contribution in [0.2, 0.25) is 0 Å². The molecule has 0 aromatic heterocycles. The molecule has 1 aromatic carbocycles. The van der Waals surface area contributed by atoms with E-state index < -0.39 is 0 Å². The second-order valence-corrected chi connectivity index (χ2v) is 5.56. The molecule has 2 bridgehead atoms. The zero-order chi connectivity index (χ0) is 13.9. The number of fused-ring (bicyclic) bond motifs is 3. The predicted octanol–water partition coefficient (Wildman–Crippen LogP) is 3.27. The molecule has 0 unspecified atom stereocenters. The third-order valence-corrected chi connectivity index (χ3v) is 4.27. The van der Waals surface area contributed by atoms with Crippen LogP contribution in [0.5, 0.6) is 5.75 Å². The summed E-state index contributed by atoms with van der Waals surface area (Å²) >= 11 is 0. The fraction of sp³-hybridized carbons (Fsp3) is 0.471. The molecule has 0 radical (unpaired) electrons. The predicted molar refractivity (Wildman–Crippen MR) is 78.9 cm³/mol. The number of hydrogen-bond acceptors (Lipinski definition) is 3. The normalized spacial score (nSPS) is 20.4. The molecule has 3 aliphatic heterocycles. The van der Waals surface area contributed by atoms with E-state index in [9.17, 15) is 4.79 Å². The van der Waals surface area contributed by atoms with Gasteiger partial charge in [0.2, 0.25) is 0 Å². The smallest absolute Gasteiger partial charge is 0.191 e. The number of allylic oxidation sites excluding steroid dienone is 2. The molecular formula is C17H21NO2. The molecule has 3 fully saturated rings. The van der Waals surface area contributed by atoms with Crippen LogP contribution in [0.4, 0.5) is 0 Å². The largest absolute Gasteiger partial charge is 0.493 e. The number of rotatable bonds is 4. The molecule has 0 atom stereocenters. The monoisotopic (exact) mass is 271 g/mol. The molecule has 3 heterocycles. The Morgan fingerprint density at radius 2 is 2.10 bits per heavy atom. The molecule has 4 rings (SSSR count). The van der Waals surface area contributed by atoms with E-state index in [1.807, 2.05) is 37.3 Å². The number of carbonyl (C=O) groups excluding carboxylic acids is 1. The van der Waals surface area contributed by atoms with E-state index in [-0.39, 0.29) is 5.78 Å². The van der Waals surface area contributed by atoms with Crippen molar-refractivity contribution in [1.82, 2.24) is 4.90 Å². The van der Waals surface area contributed by atoms with Gasteiger partial charge in [-0.15, -0.1) is 0 Å². The summed E-state index contributed by atoms with van der Waals surface area (Å²) in [7, 11) is 0. The standard InChI is InChI=1S/C17H21NO2/c1-2-20-17-6-4-3-5-15(17)16(19)12-14-11-13-7-9-18(14)10-8-13/h3-6,12-13H,2,7-11H2,1H3/b14-12+. The molecule has 20 heavy (non-hydrogen) atoms. The van der Waals surface area contributed by atoms with Gasteiger partial charge in [-0.1, -0.05) is 12.1 Å². The molecule has 3 nitrogen and oxygen atoms in total. The lowest BCUT2D eigenvalue weighted by Gasteiger charge is -2.42. The Kier molecular flexibility index (Phi) is 3.77. The maximum atomic E-state index is 12.5. The molecule has 3 aliphatic rings. The van der Waals surface area contributed by atoms with Gasteiger partial charge < -0.3 is 9.64 Å². The van der Waals surface area contributed by atoms with Gasteiger partial charge in [0, 0.05) is 24.9 Å². The zero-order valence-electron chi connectivity index (χ0n) is 12.0. The first kappa shape index (κ1) is 13.2. The van der Waals surface area contributed by atoms with Crippen molar-refractivity contribution >= 4 is 5.78 Å². The van der Waals surface area contributed by atoms with Crippen LogP contribution in [0.3, 0.4) is 0 Å². The van der Waals surface area contributed by atoms with Gasteiger partial charge in [0.1, 0.15) is 5.75 Å². The summed E-state index contributed by atoms with van der Waals surface area (Å²) in [5.74, 6) is 1.53. The second-order valence-electron chi connectivity index (χ2n) is 5.56. The molecule has 1 aromatic rings. The Morgan fingerprint density at radius 1 is 1.35 bits per heavy atom. The van der Waals surface area contributed by atoms with Gasteiger partial charge in [0.05, 0.1) is 12.2 Å². The number of ether oxygens (including phenoxy) is 1. The van der Waals surface area contributed by atoms with Crippen molar-refractivity contribution in [3.8, 4) is 5.75 Å². The van der Waals surface area contributed by atoms with Crippen LogP contribution in [0.1, 0.15) is 36.5 Å². The fourth-order valence-corrected chi connectivity index (χ4v) is 3.18. The van der Waals surface area contributed by atoms with Crippen LogP contribution >= 0.6 is 0 Å². The van der Waals surface area contributed by atoms with Crippen LogP contribution < -0.4 is 4.74 Å². The minimum absolute atomic E-state index is 0.0663. The molecule has 0 spiro atoms. The summed E-state index contributed by atoms with van der Waals surface area (Å²) in [5, 5.41) is 0. The number of benzene rings is 1. The van der Waals surface area contributed by atoms with Crippen LogP contribution in [-0.2, 0) is 0 Å². The lowest BCUT2D eigenvalue weighted by Crippen LogP contribution is -2.39. The van der Waals surface area contributed by atoms with Crippen molar-refractivity contribution in [3.63, 3.8) is 0 Å². The quantitative estimate of drug-likeness (QED) is 0.622. The SMILES string of the molecule is CCOc1ccccc1C(=O)/C=C1\CC2CCN1CC2. The summed E-state index contributed by atoms with van der Waals surface area (Å²) in [6, 6.07) is 7.51. The van der Waals surface area contributed by atoms with E-state index in [1.165, 1.54) is 18.5 Å². The van der Waals surface area contributed by atoms with Crippen molar-refractivity contribution in [3.05, 3.63) is 41.6 Å². The Labute approximate surface area is 120 Å². The third kappa shape index (κ3) is 2.58. The molecular weight excluding hydrogens is 250 g/mol. The number of carbonyl (C=O) groups is 1. The summed E-state index contributed by atoms with van der Waals surface area (Å²) < 4.78 is 5.55. The number of piperidine rings is 3. The lowest BCUT2D eigenvalue weighted by molar-refractivity contribution is 0.103. The van der Waals surface area contributed by atoms with E-state index in [2.05, 4.69) is 4.90 Å². The molecule has 3 heteroatoms. The van der Waals surface area contributed by atoms with E-state index in [0.29, 0.717) is 17.9 Å². The van der Waals surface area contributed by atoms with Crippen LogP contribution in [0.15, 0.2) is 36.0 Å². The zero-order valence-corrected chi connectivity index (χ0v) is 12.0. The van der Waals surface area contributed by atoms with Crippen LogP contribution in [0.25, 0.3) is 0 Å². The highest BCUT2D eigenvalue weighted by Gasteiger charge is 2.29. The molecule has 0 saturated carbocycles. The summed E-state index contributed by atoms with van der Waals surface area (Å²) in [6.07, 6.45) is 5.44. The highest BCUT2D eigenvalue weighted by atomic mass is 16.5. The van der Waals surface area contributed by atoms with Gasteiger partial charge in [-0.3, -0.25) is 4.79 Å².